The fourth-order valence-electron chi connectivity index (χ4n) is 3.15. The molecule has 1 heterocycles. The van der Waals surface area contributed by atoms with Gasteiger partial charge in [0.2, 0.25) is 5.79 Å². The van der Waals surface area contributed by atoms with Gasteiger partial charge in [0.05, 0.1) is 0 Å². The molecule has 1 saturated carbocycles. The van der Waals surface area contributed by atoms with Gasteiger partial charge in [-0.3, -0.25) is 0 Å². The van der Waals surface area contributed by atoms with Crippen LogP contribution in [0.3, 0.4) is 0 Å². The molecular formula is C17H25NO2. The van der Waals surface area contributed by atoms with Gasteiger partial charge in [-0.25, -0.2) is 0 Å². The van der Waals surface area contributed by atoms with Crippen LogP contribution in [-0.2, 0) is 0 Å². The SMILES string of the molecule is CC1(C)Oc2ccc(NC3CCCCCCC3)cc2O1. The zero-order valence-corrected chi connectivity index (χ0v) is 12.6. The number of ether oxygens (including phenoxy) is 2. The molecule has 1 aliphatic heterocycles. The lowest BCUT2D eigenvalue weighted by Crippen LogP contribution is -2.29. The molecule has 0 spiro atoms. The monoisotopic (exact) mass is 275 g/mol. The molecule has 3 heteroatoms. The van der Waals surface area contributed by atoms with E-state index in [0.717, 1.165) is 17.2 Å². The largest absolute Gasteiger partial charge is 0.449 e. The van der Waals surface area contributed by atoms with Crippen molar-refractivity contribution in [3.05, 3.63) is 18.2 Å². The van der Waals surface area contributed by atoms with E-state index < -0.39 is 5.79 Å². The average Bonchev–Trinajstić information content (AvgIpc) is 2.65. The molecule has 0 unspecified atom stereocenters. The summed E-state index contributed by atoms with van der Waals surface area (Å²) < 4.78 is 11.5. The van der Waals surface area contributed by atoms with E-state index in [1.807, 2.05) is 19.9 Å². The predicted octanol–water partition coefficient (Wildman–Crippen LogP) is 4.72. The molecule has 0 bridgehead atoms. The number of hydrogen-bond donors (Lipinski definition) is 1. The Balaban J connectivity index is 1.66. The molecule has 0 amide bonds. The van der Waals surface area contributed by atoms with Gasteiger partial charge in [0.1, 0.15) is 0 Å². The summed E-state index contributed by atoms with van der Waals surface area (Å²) in [5.74, 6) is 1.16. The van der Waals surface area contributed by atoms with E-state index in [2.05, 4.69) is 17.4 Å². The summed E-state index contributed by atoms with van der Waals surface area (Å²) in [6.45, 7) is 3.88. The Kier molecular flexibility index (Phi) is 3.77. The van der Waals surface area contributed by atoms with E-state index in [9.17, 15) is 0 Å². The third kappa shape index (κ3) is 3.20. The molecule has 0 aromatic heterocycles. The fourth-order valence-corrected chi connectivity index (χ4v) is 3.15. The first-order valence-corrected chi connectivity index (χ1v) is 7.91. The number of rotatable bonds is 2. The highest BCUT2D eigenvalue weighted by atomic mass is 16.7. The quantitative estimate of drug-likeness (QED) is 0.847. The van der Waals surface area contributed by atoms with Crippen molar-refractivity contribution in [2.24, 2.45) is 0 Å². The maximum absolute atomic E-state index is 5.81. The lowest BCUT2D eigenvalue weighted by atomic mass is 9.96. The van der Waals surface area contributed by atoms with Crippen molar-refractivity contribution in [1.82, 2.24) is 0 Å². The van der Waals surface area contributed by atoms with E-state index in [4.69, 9.17) is 9.47 Å². The van der Waals surface area contributed by atoms with Crippen LogP contribution in [0.5, 0.6) is 11.5 Å². The second-order valence-corrected chi connectivity index (χ2v) is 6.45. The molecule has 3 rings (SSSR count). The minimum absolute atomic E-state index is 0.540. The summed E-state index contributed by atoms with van der Waals surface area (Å²) in [6.07, 6.45) is 9.41. The zero-order valence-electron chi connectivity index (χ0n) is 12.6. The molecule has 0 radical (unpaired) electrons. The Hall–Kier alpha value is -1.38. The van der Waals surface area contributed by atoms with Crippen molar-refractivity contribution in [2.45, 2.75) is 70.6 Å². The molecule has 1 fully saturated rings. The minimum atomic E-state index is -0.540. The summed E-state index contributed by atoms with van der Waals surface area (Å²) in [5.41, 5.74) is 1.15. The van der Waals surface area contributed by atoms with E-state index >= 15 is 0 Å². The Bertz CT molecular complexity index is 462. The van der Waals surface area contributed by atoms with Gasteiger partial charge in [0.25, 0.3) is 0 Å². The van der Waals surface area contributed by atoms with Gasteiger partial charge in [-0.1, -0.05) is 32.1 Å². The molecule has 1 N–H and O–H groups in total. The van der Waals surface area contributed by atoms with Crippen LogP contribution >= 0.6 is 0 Å². The number of fused-ring (bicyclic) bond motifs is 1. The van der Waals surface area contributed by atoms with Crippen LogP contribution in [0.25, 0.3) is 0 Å². The molecule has 3 nitrogen and oxygen atoms in total. The van der Waals surface area contributed by atoms with Gasteiger partial charge in [-0.15, -0.1) is 0 Å². The number of hydrogen-bond acceptors (Lipinski definition) is 3. The first-order chi connectivity index (χ1) is 9.62. The standard InChI is InChI=1S/C17H25NO2/c1-17(2)19-15-11-10-14(12-16(15)20-17)18-13-8-6-4-3-5-7-9-13/h10-13,18H,3-9H2,1-2H3. The molecule has 0 saturated heterocycles. The highest BCUT2D eigenvalue weighted by Crippen LogP contribution is 2.40. The first-order valence-electron chi connectivity index (χ1n) is 7.91. The third-order valence-corrected chi connectivity index (χ3v) is 4.13. The molecular weight excluding hydrogens is 250 g/mol. The smallest absolute Gasteiger partial charge is 0.246 e. The predicted molar refractivity (Wildman–Crippen MR) is 81.5 cm³/mol. The van der Waals surface area contributed by atoms with Crippen LogP contribution in [0.4, 0.5) is 5.69 Å². The second-order valence-electron chi connectivity index (χ2n) is 6.45. The highest BCUT2D eigenvalue weighted by Gasteiger charge is 2.31. The van der Waals surface area contributed by atoms with Crippen LogP contribution in [0.2, 0.25) is 0 Å². The van der Waals surface area contributed by atoms with Gasteiger partial charge in [0, 0.05) is 31.6 Å². The maximum atomic E-state index is 5.81. The minimum Gasteiger partial charge on any atom is -0.449 e. The van der Waals surface area contributed by atoms with Crippen molar-refractivity contribution < 1.29 is 9.47 Å². The van der Waals surface area contributed by atoms with Crippen molar-refractivity contribution in [2.75, 3.05) is 5.32 Å². The van der Waals surface area contributed by atoms with Gasteiger partial charge in [-0.2, -0.15) is 0 Å². The molecule has 1 aliphatic carbocycles. The second kappa shape index (κ2) is 5.55. The van der Waals surface area contributed by atoms with Gasteiger partial charge in [-0.05, 0) is 25.0 Å². The number of nitrogens with one attached hydrogen (secondary N) is 1. The lowest BCUT2D eigenvalue weighted by Gasteiger charge is -2.22. The Morgan fingerprint density at radius 2 is 1.60 bits per heavy atom. The lowest BCUT2D eigenvalue weighted by molar-refractivity contribution is -0.0431. The van der Waals surface area contributed by atoms with E-state index in [1.54, 1.807) is 0 Å². The third-order valence-electron chi connectivity index (χ3n) is 4.13. The molecule has 20 heavy (non-hydrogen) atoms. The van der Waals surface area contributed by atoms with Gasteiger partial charge >= 0.3 is 0 Å². The van der Waals surface area contributed by atoms with E-state index in [1.165, 1.54) is 44.9 Å². The van der Waals surface area contributed by atoms with Crippen molar-refractivity contribution in [3.8, 4) is 11.5 Å². The van der Waals surface area contributed by atoms with Crippen LogP contribution in [0, 0.1) is 0 Å². The Morgan fingerprint density at radius 3 is 2.35 bits per heavy atom. The summed E-state index contributed by atoms with van der Waals surface area (Å²) in [4.78, 5) is 0. The molecule has 1 aromatic carbocycles. The van der Waals surface area contributed by atoms with Crippen molar-refractivity contribution in [3.63, 3.8) is 0 Å². The van der Waals surface area contributed by atoms with Gasteiger partial charge in [0.15, 0.2) is 11.5 Å². The van der Waals surface area contributed by atoms with Crippen LogP contribution in [0.15, 0.2) is 18.2 Å². The van der Waals surface area contributed by atoms with Crippen LogP contribution in [0.1, 0.15) is 58.8 Å². The maximum Gasteiger partial charge on any atom is 0.246 e. The number of anilines is 1. The number of benzene rings is 1. The fraction of sp³-hybridized carbons (Fsp3) is 0.647. The van der Waals surface area contributed by atoms with Crippen LogP contribution in [-0.4, -0.2) is 11.8 Å². The summed E-state index contributed by atoms with van der Waals surface area (Å²) in [7, 11) is 0. The Morgan fingerprint density at radius 1 is 0.950 bits per heavy atom. The molecule has 0 atom stereocenters. The molecule has 110 valence electrons. The molecule has 2 aliphatic rings. The normalized spacial score (nSPS) is 22.1. The van der Waals surface area contributed by atoms with Crippen LogP contribution < -0.4 is 14.8 Å². The van der Waals surface area contributed by atoms with Crippen molar-refractivity contribution >= 4 is 5.69 Å². The summed E-state index contributed by atoms with van der Waals surface area (Å²) >= 11 is 0. The van der Waals surface area contributed by atoms with Gasteiger partial charge < -0.3 is 14.8 Å². The summed E-state index contributed by atoms with van der Waals surface area (Å²) in [5, 5.41) is 3.67. The zero-order chi connectivity index (χ0) is 14.0. The van der Waals surface area contributed by atoms with E-state index in [-0.39, 0.29) is 0 Å². The first kappa shape index (κ1) is 13.6. The van der Waals surface area contributed by atoms with Crippen molar-refractivity contribution in [1.29, 1.82) is 0 Å². The van der Waals surface area contributed by atoms with E-state index in [0.29, 0.717) is 6.04 Å². The topological polar surface area (TPSA) is 30.5 Å². The Labute approximate surface area is 121 Å². The molecule has 1 aromatic rings. The summed E-state index contributed by atoms with van der Waals surface area (Å²) in [6, 6.07) is 6.78. The average molecular weight is 275 g/mol. The highest BCUT2D eigenvalue weighted by molar-refractivity contribution is 5.56.